The van der Waals surface area contributed by atoms with Crippen molar-refractivity contribution in [3.8, 4) is 11.1 Å². The number of aromatic carboxylic acids is 1. The highest BCUT2D eigenvalue weighted by molar-refractivity contribution is 5.93. The molecule has 2 aromatic rings. The van der Waals surface area contributed by atoms with Crippen molar-refractivity contribution in [1.82, 2.24) is 5.16 Å². The van der Waals surface area contributed by atoms with E-state index in [2.05, 4.69) is 4.52 Å². The van der Waals surface area contributed by atoms with Crippen LogP contribution < -0.4 is 5.63 Å². The Labute approximate surface area is 88.1 Å². The number of benzene rings is 1. The van der Waals surface area contributed by atoms with Gasteiger partial charge in [0.15, 0.2) is 5.69 Å². The van der Waals surface area contributed by atoms with E-state index in [0.717, 1.165) is 6.07 Å². The molecule has 0 aliphatic carbocycles. The lowest BCUT2D eigenvalue weighted by Crippen LogP contribution is -2.05. The van der Waals surface area contributed by atoms with Gasteiger partial charge in [-0.2, -0.15) is 0 Å². The molecule has 0 aliphatic rings. The van der Waals surface area contributed by atoms with Gasteiger partial charge in [-0.3, -0.25) is 0 Å². The predicted molar refractivity (Wildman–Crippen MR) is 51.7 cm³/mol. The number of carbonyl (C=O) groups is 1. The van der Waals surface area contributed by atoms with Crippen molar-refractivity contribution in [2.45, 2.75) is 0 Å². The van der Waals surface area contributed by atoms with E-state index in [9.17, 15) is 14.0 Å². The predicted octanol–water partition coefficient (Wildman–Crippen LogP) is 1.47. The Bertz CT molecular complexity index is 599. The Morgan fingerprint density at radius 3 is 2.69 bits per heavy atom. The first-order chi connectivity index (χ1) is 7.61. The highest BCUT2D eigenvalue weighted by atomic mass is 19.1. The van der Waals surface area contributed by atoms with Gasteiger partial charge in [0.2, 0.25) is 0 Å². The third-order valence-corrected chi connectivity index (χ3v) is 2.06. The van der Waals surface area contributed by atoms with Crippen LogP contribution in [0.4, 0.5) is 4.39 Å². The molecular weight excluding hydrogens is 217 g/mol. The Morgan fingerprint density at radius 2 is 2.06 bits per heavy atom. The molecule has 2 rings (SSSR count). The van der Waals surface area contributed by atoms with Crippen LogP contribution in [-0.4, -0.2) is 16.2 Å². The molecule has 0 unspecified atom stereocenters. The number of halogens is 1. The van der Waals surface area contributed by atoms with E-state index in [4.69, 9.17) is 5.11 Å². The fourth-order valence-electron chi connectivity index (χ4n) is 1.36. The highest BCUT2D eigenvalue weighted by Crippen LogP contribution is 2.22. The zero-order valence-corrected chi connectivity index (χ0v) is 7.86. The molecule has 0 aliphatic heterocycles. The fourth-order valence-corrected chi connectivity index (χ4v) is 1.36. The molecule has 0 radical (unpaired) electrons. The molecule has 0 saturated carbocycles. The van der Waals surface area contributed by atoms with Crippen molar-refractivity contribution in [1.29, 1.82) is 0 Å². The maximum Gasteiger partial charge on any atom is 0.366 e. The number of H-pyrrole nitrogens is 1. The first-order valence-corrected chi connectivity index (χ1v) is 4.31. The van der Waals surface area contributed by atoms with Gasteiger partial charge in [0, 0.05) is 5.56 Å². The summed E-state index contributed by atoms with van der Waals surface area (Å²) in [7, 11) is 0. The van der Waals surface area contributed by atoms with Crippen molar-refractivity contribution in [2.24, 2.45) is 0 Å². The second-order valence-electron chi connectivity index (χ2n) is 3.03. The Hall–Kier alpha value is -2.37. The molecule has 0 fully saturated rings. The summed E-state index contributed by atoms with van der Waals surface area (Å²) in [6.07, 6.45) is 0. The second kappa shape index (κ2) is 3.65. The van der Waals surface area contributed by atoms with Crippen LogP contribution in [0.3, 0.4) is 0 Å². The van der Waals surface area contributed by atoms with Crippen molar-refractivity contribution in [3.63, 3.8) is 0 Å². The van der Waals surface area contributed by atoms with Crippen molar-refractivity contribution in [3.05, 3.63) is 46.2 Å². The molecule has 82 valence electrons. The molecule has 6 heteroatoms. The lowest BCUT2D eigenvalue weighted by atomic mass is 10.1. The molecular formula is C10H6FNO4. The summed E-state index contributed by atoms with van der Waals surface area (Å²) < 4.78 is 17.7. The van der Waals surface area contributed by atoms with Crippen LogP contribution in [0.25, 0.3) is 11.1 Å². The van der Waals surface area contributed by atoms with Gasteiger partial charge in [-0.05, 0) is 6.07 Å². The maximum absolute atomic E-state index is 13.4. The monoisotopic (exact) mass is 223 g/mol. The highest BCUT2D eigenvalue weighted by Gasteiger charge is 2.21. The molecule has 5 nitrogen and oxygen atoms in total. The van der Waals surface area contributed by atoms with Gasteiger partial charge in [0.05, 0.1) is 0 Å². The van der Waals surface area contributed by atoms with E-state index in [1.54, 1.807) is 0 Å². The summed E-state index contributed by atoms with van der Waals surface area (Å²) in [6, 6.07) is 5.37. The Morgan fingerprint density at radius 1 is 1.38 bits per heavy atom. The lowest BCUT2D eigenvalue weighted by Gasteiger charge is -1.98. The first-order valence-electron chi connectivity index (χ1n) is 4.31. The average molecular weight is 223 g/mol. The van der Waals surface area contributed by atoms with E-state index in [1.165, 1.54) is 18.2 Å². The van der Waals surface area contributed by atoms with Gasteiger partial charge in [0.25, 0.3) is 0 Å². The topological polar surface area (TPSA) is 83.3 Å². The largest absolute Gasteiger partial charge is 0.476 e. The van der Waals surface area contributed by atoms with Gasteiger partial charge in [-0.1, -0.05) is 18.2 Å². The maximum atomic E-state index is 13.4. The van der Waals surface area contributed by atoms with E-state index in [-0.39, 0.29) is 11.1 Å². The summed E-state index contributed by atoms with van der Waals surface area (Å²) in [4.78, 5) is 22.0. The molecule has 0 saturated heterocycles. The molecule has 1 aromatic heterocycles. The average Bonchev–Trinajstić information content (AvgIpc) is 2.61. The minimum Gasteiger partial charge on any atom is -0.476 e. The number of aromatic amines is 1. The molecule has 0 bridgehead atoms. The van der Waals surface area contributed by atoms with Crippen molar-refractivity contribution < 1.29 is 18.8 Å². The number of hydrogen-bond donors (Lipinski definition) is 2. The van der Waals surface area contributed by atoms with Gasteiger partial charge in [-0.15, -0.1) is 0 Å². The minimum atomic E-state index is -1.39. The SMILES string of the molecule is O=C(O)c1[nH]oc(=O)c1-c1ccccc1F. The van der Waals surface area contributed by atoms with Gasteiger partial charge >= 0.3 is 11.6 Å². The zero-order valence-electron chi connectivity index (χ0n) is 7.86. The molecule has 0 spiro atoms. The fraction of sp³-hybridized carbons (Fsp3) is 0. The van der Waals surface area contributed by atoms with E-state index < -0.39 is 23.1 Å². The number of aromatic nitrogens is 1. The van der Waals surface area contributed by atoms with Gasteiger partial charge in [-0.25, -0.2) is 19.1 Å². The van der Waals surface area contributed by atoms with Gasteiger partial charge in [0.1, 0.15) is 11.4 Å². The van der Waals surface area contributed by atoms with Crippen molar-refractivity contribution in [2.75, 3.05) is 0 Å². The van der Waals surface area contributed by atoms with Crippen LogP contribution in [0.1, 0.15) is 10.5 Å². The third kappa shape index (κ3) is 1.50. The summed E-state index contributed by atoms with van der Waals surface area (Å²) in [5.41, 5.74) is -1.79. The van der Waals surface area contributed by atoms with Crippen LogP contribution in [-0.2, 0) is 0 Å². The molecule has 0 atom stereocenters. The molecule has 1 aromatic carbocycles. The lowest BCUT2D eigenvalue weighted by molar-refractivity contribution is 0.0686. The summed E-state index contributed by atoms with van der Waals surface area (Å²) in [6.45, 7) is 0. The summed E-state index contributed by atoms with van der Waals surface area (Å²) >= 11 is 0. The summed E-state index contributed by atoms with van der Waals surface area (Å²) in [5, 5.41) is 10.7. The normalized spacial score (nSPS) is 10.3. The standard InChI is InChI=1S/C10H6FNO4/c11-6-4-2-1-3-5(6)7-8(9(13)14)12-16-10(7)15/h1-4,12H,(H,13,14). The van der Waals surface area contributed by atoms with E-state index in [1.807, 2.05) is 5.16 Å². The van der Waals surface area contributed by atoms with Crippen LogP contribution in [0.5, 0.6) is 0 Å². The molecule has 16 heavy (non-hydrogen) atoms. The van der Waals surface area contributed by atoms with Crippen LogP contribution in [0.2, 0.25) is 0 Å². The number of hydrogen-bond acceptors (Lipinski definition) is 3. The van der Waals surface area contributed by atoms with Gasteiger partial charge < -0.3 is 9.63 Å². The Balaban J connectivity index is 2.74. The molecule has 2 N–H and O–H groups in total. The minimum absolute atomic E-state index is 0.102. The summed E-state index contributed by atoms with van der Waals surface area (Å²) in [5.74, 6) is -2.07. The number of nitrogens with one attached hydrogen (secondary N) is 1. The van der Waals surface area contributed by atoms with E-state index in [0.29, 0.717) is 0 Å². The van der Waals surface area contributed by atoms with Crippen molar-refractivity contribution >= 4 is 5.97 Å². The Kier molecular flexibility index (Phi) is 2.32. The zero-order chi connectivity index (χ0) is 11.7. The molecule has 0 amide bonds. The smallest absolute Gasteiger partial charge is 0.366 e. The molecule has 1 heterocycles. The van der Waals surface area contributed by atoms with Crippen LogP contribution in [0.15, 0.2) is 33.6 Å². The second-order valence-corrected chi connectivity index (χ2v) is 3.03. The number of carboxylic acid groups (broad SMARTS) is 1. The van der Waals surface area contributed by atoms with E-state index >= 15 is 0 Å². The third-order valence-electron chi connectivity index (χ3n) is 2.06. The van der Waals surface area contributed by atoms with Crippen LogP contribution in [0, 0.1) is 5.82 Å². The quantitative estimate of drug-likeness (QED) is 0.807. The number of rotatable bonds is 2. The first kappa shape index (κ1) is 10.2. The number of carboxylic acids is 1. The van der Waals surface area contributed by atoms with Crippen LogP contribution >= 0.6 is 0 Å².